The van der Waals surface area contributed by atoms with Crippen LogP contribution in [-0.4, -0.2) is 28.1 Å². The predicted octanol–water partition coefficient (Wildman–Crippen LogP) is 3.80. The lowest BCUT2D eigenvalue weighted by Gasteiger charge is -2.18. The number of hydrogen-bond acceptors (Lipinski definition) is 3. The summed E-state index contributed by atoms with van der Waals surface area (Å²) >= 11 is 5.50. The molecule has 21 heavy (non-hydrogen) atoms. The van der Waals surface area contributed by atoms with Crippen LogP contribution in [0, 0.1) is 6.92 Å². The first-order chi connectivity index (χ1) is 10.1. The fourth-order valence-electron chi connectivity index (χ4n) is 2.34. The zero-order valence-corrected chi connectivity index (χ0v) is 15.2. The Morgan fingerprint density at radius 2 is 2.14 bits per heavy atom. The van der Waals surface area contributed by atoms with Gasteiger partial charge in [0.05, 0.1) is 5.69 Å². The molecule has 114 valence electrons. The molecule has 1 aromatic heterocycles. The SMILES string of the molecule is CCNC(CSc1ccccc1Br)Cc1cc(C)nn1C. The molecule has 5 heteroatoms. The van der Waals surface area contributed by atoms with E-state index in [1.54, 1.807) is 0 Å². The Labute approximate surface area is 139 Å². The summed E-state index contributed by atoms with van der Waals surface area (Å²) in [6.45, 7) is 5.18. The number of aromatic nitrogens is 2. The van der Waals surface area contributed by atoms with E-state index in [-0.39, 0.29) is 0 Å². The molecule has 0 aliphatic rings. The maximum absolute atomic E-state index is 4.43. The Kier molecular flexibility index (Phi) is 6.33. The molecule has 1 aromatic carbocycles. The Bertz CT molecular complexity index is 583. The standard InChI is InChI=1S/C16H22BrN3S/c1-4-18-13(10-14-9-12(2)19-20(14)3)11-21-16-8-6-5-7-15(16)17/h5-9,13,18H,4,10-11H2,1-3H3. The van der Waals surface area contributed by atoms with E-state index in [4.69, 9.17) is 0 Å². The summed E-state index contributed by atoms with van der Waals surface area (Å²) < 4.78 is 3.16. The molecule has 0 aliphatic carbocycles. The molecule has 1 N–H and O–H groups in total. The average Bonchev–Trinajstić information content (AvgIpc) is 2.76. The number of hydrogen-bond donors (Lipinski definition) is 1. The summed E-state index contributed by atoms with van der Waals surface area (Å²) in [6, 6.07) is 11.0. The van der Waals surface area contributed by atoms with Crippen LogP contribution in [0.3, 0.4) is 0 Å². The highest BCUT2D eigenvalue weighted by molar-refractivity contribution is 9.10. The van der Waals surface area contributed by atoms with Gasteiger partial charge in [-0.2, -0.15) is 5.10 Å². The molecule has 2 rings (SSSR count). The van der Waals surface area contributed by atoms with E-state index in [1.807, 2.05) is 36.5 Å². The molecular weight excluding hydrogens is 346 g/mol. The van der Waals surface area contributed by atoms with Crippen molar-refractivity contribution in [1.82, 2.24) is 15.1 Å². The first kappa shape index (κ1) is 16.6. The number of thioether (sulfide) groups is 1. The van der Waals surface area contributed by atoms with Crippen LogP contribution >= 0.6 is 27.7 Å². The zero-order chi connectivity index (χ0) is 15.2. The van der Waals surface area contributed by atoms with Gasteiger partial charge < -0.3 is 5.32 Å². The van der Waals surface area contributed by atoms with Gasteiger partial charge in [0, 0.05) is 40.3 Å². The second kappa shape index (κ2) is 8.01. The Balaban J connectivity index is 1.99. The van der Waals surface area contributed by atoms with E-state index in [9.17, 15) is 0 Å². The van der Waals surface area contributed by atoms with Gasteiger partial charge in [-0.1, -0.05) is 19.1 Å². The highest BCUT2D eigenvalue weighted by Gasteiger charge is 2.13. The first-order valence-corrected chi connectivity index (χ1v) is 8.98. The molecule has 0 spiro atoms. The first-order valence-electron chi connectivity index (χ1n) is 7.20. The second-order valence-electron chi connectivity index (χ2n) is 5.10. The van der Waals surface area contributed by atoms with Crippen LogP contribution in [0.15, 0.2) is 39.7 Å². The molecular formula is C16H22BrN3S. The third-order valence-corrected chi connectivity index (χ3v) is 5.51. The fourth-order valence-corrected chi connectivity index (χ4v) is 3.96. The second-order valence-corrected chi connectivity index (χ2v) is 7.02. The number of benzene rings is 1. The molecule has 0 fully saturated rings. The van der Waals surface area contributed by atoms with Crippen molar-refractivity contribution < 1.29 is 0 Å². The number of likely N-dealkylation sites (N-methyl/N-ethyl adjacent to an activating group) is 1. The molecule has 0 radical (unpaired) electrons. The topological polar surface area (TPSA) is 29.9 Å². The van der Waals surface area contributed by atoms with Crippen LogP contribution < -0.4 is 5.32 Å². The van der Waals surface area contributed by atoms with Crippen LogP contribution in [-0.2, 0) is 13.5 Å². The predicted molar refractivity (Wildman–Crippen MR) is 94.0 cm³/mol. The Morgan fingerprint density at radius 3 is 2.76 bits per heavy atom. The third kappa shape index (κ3) is 4.87. The molecule has 2 aromatic rings. The lowest BCUT2D eigenvalue weighted by molar-refractivity contribution is 0.549. The van der Waals surface area contributed by atoms with Crippen molar-refractivity contribution in [3.63, 3.8) is 0 Å². The maximum Gasteiger partial charge on any atom is 0.0596 e. The maximum atomic E-state index is 4.43. The van der Waals surface area contributed by atoms with Gasteiger partial charge in [-0.3, -0.25) is 4.68 Å². The van der Waals surface area contributed by atoms with Crippen molar-refractivity contribution in [2.45, 2.75) is 31.2 Å². The highest BCUT2D eigenvalue weighted by Crippen LogP contribution is 2.27. The average molecular weight is 368 g/mol. The number of aryl methyl sites for hydroxylation is 2. The van der Waals surface area contributed by atoms with Crippen LogP contribution in [0.5, 0.6) is 0 Å². The molecule has 1 atom stereocenters. The minimum absolute atomic E-state index is 0.446. The summed E-state index contributed by atoms with van der Waals surface area (Å²) in [4.78, 5) is 1.29. The molecule has 1 unspecified atom stereocenters. The fraction of sp³-hybridized carbons (Fsp3) is 0.438. The van der Waals surface area contributed by atoms with E-state index < -0.39 is 0 Å². The van der Waals surface area contributed by atoms with E-state index >= 15 is 0 Å². The van der Waals surface area contributed by atoms with Crippen LogP contribution in [0.1, 0.15) is 18.3 Å². The van der Waals surface area contributed by atoms with Gasteiger partial charge in [0.25, 0.3) is 0 Å². The van der Waals surface area contributed by atoms with Crippen LogP contribution in [0.25, 0.3) is 0 Å². The van der Waals surface area contributed by atoms with Crippen LogP contribution in [0.2, 0.25) is 0 Å². The van der Waals surface area contributed by atoms with Gasteiger partial charge in [0.2, 0.25) is 0 Å². The lowest BCUT2D eigenvalue weighted by atomic mass is 10.1. The minimum atomic E-state index is 0.446. The molecule has 0 bridgehead atoms. The zero-order valence-electron chi connectivity index (χ0n) is 12.8. The van der Waals surface area contributed by atoms with Crippen molar-refractivity contribution in [2.75, 3.05) is 12.3 Å². The summed E-state index contributed by atoms with van der Waals surface area (Å²) in [6.07, 6.45) is 1.00. The Morgan fingerprint density at radius 1 is 1.38 bits per heavy atom. The van der Waals surface area contributed by atoms with Gasteiger partial charge in [0.1, 0.15) is 0 Å². The number of rotatable bonds is 7. The van der Waals surface area contributed by atoms with Crippen molar-refractivity contribution in [3.05, 3.63) is 46.2 Å². The molecule has 0 amide bonds. The van der Waals surface area contributed by atoms with E-state index in [0.29, 0.717) is 6.04 Å². The number of halogens is 1. The molecule has 1 heterocycles. The van der Waals surface area contributed by atoms with Gasteiger partial charge >= 0.3 is 0 Å². The quantitative estimate of drug-likeness (QED) is 0.754. The van der Waals surface area contributed by atoms with Gasteiger partial charge in [-0.25, -0.2) is 0 Å². The van der Waals surface area contributed by atoms with Gasteiger partial charge in [-0.15, -0.1) is 11.8 Å². The normalized spacial score (nSPS) is 12.6. The van der Waals surface area contributed by atoms with Crippen molar-refractivity contribution >= 4 is 27.7 Å². The number of nitrogens with one attached hydrogen (secondary N) is 1. The summed E-state index contributed by atoms with van der Waals surface area (Å²) in [7, 11) is 2.02. The minimum Gasteiger partial charge on any atom is -0.313 e. The summed E-state index contributed by atoms with van der Waals surface area (Å²) in [5.41, 5.74) is 2.37. The highest BCUT2D eigenvalue weighted by atomic mass is 79.9. The smallest absolute Gasteiger partial charge is 0.0596 e. The van der Waals surface area contributed by atoms with Crippen molar-refractivity contribution in [3.8, 4) is 0 Å². The molecule has 3 nitrogen and oxygen atoms in total. The Hall–Kier alpha value is -0.780. The summed E-state index contributed by atoms with van der Waals surface area (Å²) in [5.74, 6) is 1.04. The van der Waals surface area contributed by atoms with E-state index in [2.05, 4.69) is 57.5 Å². The van der Waals surface area contributed by atoms with Crippen LogP contribution in [0.4, 0.5) is 0 Å². The monoisotopic (exact) mass is 367 g/mol. The van der Waals surface area contributed by atoms with E-state index in [1.165, 1.54) is 15.1 Å². The largest absolute Gasteiger partial charge is 0.313 e. The van der Waals surface area contributed by atoms with Gasteiger partial charge in [0.15, 0.2) is 0 Å². The third-order valence-electron chi connectivity index (χ3n) is 3.32. The van der Waals surface area contributed by atoms with Gasteiger partial charge in [-0.05, 0) is 47.6 Å². The molecule has 0 saturated heterocycles. The number of nitrogens with zero attached hydrogens (tertiary/aromatic N) is 2. The molecule has 0 saturated carbocycles. The lowest BCUT2D eigenvalue weighted by Crippen LogP contribution is -2.33. The van der Waals surface area contributed by atoms with Crippen molar-refractivity contribution in [2.24, 2.45) is 7.05 Å². The summed E-state index contributed by atoms with van der Waals surface area (Å²) in [5, 5.41) is 8.01. The molecule has 0 aliphatic heterocycles. The van der Waals surface area contributed by atoms with Crippen molar-refractivity contribution in [1.29, 1.82) is 0 Å². The van der Waals surface area contributed by atoms with E-state index in [0.717, 1.165) is 24.4 Å².